The summed E-state index contributed by atoms with van der Waals surface area (Å²) in [5.41, 5.74) is 1.97. The maximum absolute atomic E-state index is 11.9. The second-order valence-corrected chi connectivity index (χ2v) is 5.91. The van der Waals surface area contributed by atoms with E-state index in [4.69, 9.17) is 14.7 Å². The topological polar surface area (TPSA) is 83.4 Å². The van der Waals surface area contributed by atoms with Gasteiger partial charge in [-0.15, -0.1) is 0 Å². The van der Waals surface area contributed by atoms with Gasteiger partial charge in [-0.1, -0.05) is 33.3 Å². The Balaban J connectivity index is 0.00000151. The summed E-state index contributed by atoms with van der Waals surface area (Å²) in [7, 11) is 0. The highest BCUT2D eigenvalue weighted by molar-refractivity contribution is 5.93. The molecule has 142 valence electrons. The van der Waals surface area contributed by atoms with Gasteiger partial charge < -0.3 is 14.4 Å². The fourth-order valence-corrected chi connectivity index (χ4v) is 2.78. The summed E-state index contributed by atoms with van der Waals surface area (Å²) in [5.74, 6) is 0.711. The minimum Gasteiger partial charge on any atom is -0.463 e. The summed E-state index contributed by atoms with van der Waals surface area (Å²) in [5, 5.41) is 8.82. The van der Waals surface area contributed by atoms with Crippen molar-refractivity contribution in [2.75, 3.05) is 6.61 Å². The van der Waals surface area contributed by atoms with Crippen molar-refractivity contribution >= 4 is 11.8 Å². The maximum atomic E-state index is 11.9. The summed E-state index contributed by atoms with van der Waals surface area (Å²) in [6.07, 6.45) is 6.86. The number of amidine groups is 1. The van der Waals surface area contributed by atoms with Gasteiger partial charge in [0.2, 0.25) is 0 Å². The van der Waals surface area contributed by atoms with Crippen molar-refractivity contribution in [1.29, 1.82) is 0 Å². The first-order valence-corrected chi connectivity index (χ1v) is 8.97. The van der Waals surface area contributed by atoms with Crippen LogP contribution in [0, 0.1) is 5.92 Å². The van der Waals surface area contributed by atoms with Crippen molar-refractivity contribution < 1.29 is 19.5 Å². The normalized spacial score (nSPS) is 19.6. The molecule has 1 fully saturated rings. The Kier molecular flexibility index (Phi) is 9.23. The molecule has 2 N–H and O–H groups in total. The van der Waals surface area contributed by atoms with Gasteiger partial charge in [-0.25, -0.2) is 4.99 Å². The van der Waals surface area contributed by atoms with Crippen LogP contribution in [0.2, 0.25) is 0 Å². The quantitative estimate of drug-likeness (QED) is 0.564. The zero-order chi connectivity index (χ0) is 18.8. The van der Waals surface area contributed by atoms with Gasteiger partial charge in [0, 0.05) is 6.20 Å². The van der Waals surface area contributed by atoms with Crippen LogP contribution in [0.3, 0.4) is 0 Å². The van der Waals surface area contributed by atoms with E-state index in [0.717, 1.165) is 25.7 Å². The third kappa shape index (κ3) is 6.51. The second-order valence-electron chi connectivity index (χ2n) is 5.91. The first-order valence-electron chi connectivity index (χ1n) is 8.97. The lowest BCUT2D eigenvalue weighted by Gasteiger charge is -2.31. The van der Waals surface area contributed by atoms with Crippen LogP contribution >= 0.6 is 0 Å². The van der Waals surface area contributed by atoms with Gasteiger partial charge in [0.25, 0.3) is 0 Å². The number of hydroxylamine groups is 1. The number of carbonyl (C=O) groups excluding carboxylic acids is 1. The molecule has 0 aromatic rings. The fraction of sp³-hybridized carbons (Fsp3) is 0.667. The fourth-order valence-electron chi connectivity index (χ4n) is 2.78. The summed E-state index contributed by atoms with van der Waals surface area (Å²) >= 11 is 0. The van der Waals surface area contributed by atoms with Gasteiger partial charge in [-0.3, -0.25) is 15.5 Å². The van der Waals surface area contributed by atoms with Crippen LogP contribution in [-0.2, 0) is 14.3 Å². The van der Waals surface area contributed by atoms with E-state index in [2.05, 4.69) is 11.6 Å². The molecule has 2 atom stereocenters. The van der Waals surface area contributed by atoms with E-state index >= 15 is 0 Å². The molecule has 1 saturated carbocycles. The highest BCUT2D eigenvalue weighted by atomic mass is 16.6. The van der Waals surface area contributed by atoms with Gasteiger partial charge in [-0.2, -0.15) is 0 Å². The second kappa shape index (κ2) is 10.9. The van der Waals surface area contributed by atoms with Crippen molar-refractivity contribution in [1.82, 2.24) is 10.4 Å². The number of carbonyl (C=O) groups is 1. The predicted octanol–water partition coefficient (Wildman–Crippen LogP) is 3.17. The predicted molar refractivity (Wildman–Crippen MR) is 96.8 cm³/mol. The van der Waals surface area contributed by atoms with Crippen LogP contribution in [0.1, 0.15) is 53.4 Å². The van der Waals surface area contributed by atoms with Crippen molar-refractivity contribution in [3.05, 3.63) is 24.7 Å². The number of hydrogen-bond acceptors (Lipinski definition) is 7. The van der Waals surface area contributed by atoms with Gasteiger partial charge >= 0.3 is 5.97 Å². The zero-order valence-electron chi connectivity index (χ0n) is 15.7. The Bertz CT molecular complexity index is 499. The Morgan fingerprint density at radius 1 is 1.44 bits per heavy atom. The Morgan fingerprint density at radius 2 is 2.08 bits per heavy atom. The summed E-state index contributed by atoms with van der Waals surface area (Å²) < 4.78 is 11.2. The van der Waals surface area contributed by atoms with E-state index in [1.165, 1.54) is 0 Å². The van der Waals surface area contributed by atoms with E-state index in [9.17, 15) is 4.79 Å². The molecule has 0 aromatic carbocycles. The van der Waals surface area contributed by atoms with E-state index in [1.54, 1.807) is 17.2 Å². The van der Waals surface area contributed by atoms with Gasteiger partial charge in [0.15, 0.2) is 5.84 Å². The standard InChI is InChI=1S/C16H25N3O4.C2H6/c1-11(10-22-16(20)14-6-4-5-7-14)23-13(3)19-9-8-15(18-21)17-12(19)2;1-2/h8-9,11,13-14,21H,2,4-7,10H2,1,3H3,(H,17,18);1-2H3. The molecule has 0 radical (unpaired) electrons. The molecule has 7 nitrogen and oxygen atoms in total. The van der Waals surface area contributed by atoms with E-state index in [-0.39, 0.29) is 30.8 Å². The maximum Gasteiger partial charge on any atom is 0.309 e. The number of rotatable bonds is 6. The zero-order valence-corrected chi connectivity index (χ0v) is 15.7. The molecule has 0 aromatic heterocycles. The summed E-state index contributed by atoms with van der Waals surface area (Å²) in [6.45, 7) is 11.8. The minimum atomic E-state index is -0.317. The molecule has 2 rings (SSSR count). The number of nitrogens with one attached hydrogen (secondary N) is 1. The largest absolute Gasteiger partial charge is 0.463 e. The molecule has 0 amide bonds. The van der Waals surface area contributed by atoms with E-state index in [1.807, 2.05) is 33.2 Å². The van der Waals surface area contributed by atoms with Crippen molar-refractivity contribution in [2.24, 2.45) is 10.9 Å². The summed E-state index contributed by atoms with van der Waals surface area (Å²) in [4.78, 5) is 17.7. The van der Waals surface area contributed by atoms with Crippen LogP contribution in [0.15, 0.2) is 29.7 Å². The lowest BCUT2D eigenvalue weighted by Crippen LogP contribution is -2.36. The molecule has 0 bridgehead atoms. The number of ether oxygens (including phenoxy) is 2. The van der Waals surface area contributed by atoms with Crippen LogP contribution in [0.25, 0.3) is 0 Å². The average molecular weight is 353 g/mol. The Labute approximate surface area is 150 Å². The van der Waals surface area contributed by atoms with Crippen molar-refractivity contribution in [3.63, 3.8) is 0 Å². The smallest absolute Gasteiger partial charge is 0.309 e. The van der Waals surface area contributed by atoms with Crippen molar-refractivity contribution in [3.8, 4) is 0 Å². The van der Waals surface area contributed by atoms with Crippen molar-refractivity contribution in [2.45, 2.75) is 65.7 Å². The first kappa shape index (κ1) is 21.2. The van der Waals surface area contributed by atoms with E-state index < -0.39 is 0 Å². The average Bonchev–Trinajstić information content (AvgIpc) is 3.15. The third-order valence-corrected chi connectivity index (χ3v) is 4.02. The number of aliphatic imine (C=N–C) groups is 1. The number of esters is 1. The molecular weight excluding hydrogens is 322 g/mol. The van der Waals surface area contributed by atoms with E-state index in [0.29, 0.717) is 11.7 Å². The molecule has 0 spiro atoms. The van der Waals surface area contributed by atoms with Crippen LogP contribution in [0.5, 0.6) is 0 Å². The van der Waals surface area contributed by atoms with Gasteiger partial charge in [0.1, 0.15) is 18.7 Å². The lowest BCUT2D eigenvalue weighted by molar-refractivity contribution is -0.155. The highest BCUT2D eigenvalue weighted by Crippen LogP contribution is 2.25. The number of nitrogens with zero attached hydrogens (tertiary/aromatic N) is 2. The van der Waals surface area contributed by atoms with Crippen LogP contribution in [0.4, 0.5) is 0 Å². The first-order chi connectivity index (χ1) is 12.0. The summed E-state index contributed by atoms with van der Waals surface area (Å²) in [6, 6.07) is 0. The highest BCUT2D eigenvalue weighted by Gasteiger charge is 2.25. The Morgan fingerprint density at radius 3 is 2.64 bits per heavy atom. The Hall–Kier alpha value is -1.86. The van der Waals surface area contributed by atoms with Crippen LogP contribution < -0.4 is 5.48 Å². The van der Waals surface area contributed by atoms with Gasteiger partial charge in [-0.05, 0) is 32.8 Å². The minimum absolute atomic E-state index is 0.0585. The molecule has 1 aliphatic carbocycles. The molecule has 7 heteroatoms. The number of hydrogen-bond donors (Lipinski definition) is 2. The molecule has 25 heavy (non-hydrogen) atoms. The van der Waals surface area contributed by atoms with Gasteiger partial charge in [0.05, 0.1) is 12.0 Å². The van der Waals surface area contributed by atoms with Crippen LogP contribution in [-0.4, -0.2) is 40.9 Å². The lowest BCUT2D eigenvalue weighted by atomic mass is 10.1. The third-order valence-electron chi connectivity index (χ3n) is 4.02. The molecule has 1 heterocycles. The monoisotopic (exact) mass is 353 g/mol. The molecular formula is C18H31N3O4. The molecule has 0 saturated heterocycles. The molecule has 2 unspecified atom stereocenters. The SMILES string of the molecule is C=C1N=C(NO)C=CN1C(C)OC(C)COC(=O)C1CCCC1.CC. The molecule has 2 aliphatic rings. The molecule has 1 aliphatic heterocycles.